The van der Waals surface area contributed by atoms with Gasteiger partial charge in [0.05, 0.1) is 6.61 Å². The third-order valence-electron chi connectivity index (χ3n) is 3.39. The normalized spacial score (nSPS) is 31.2. The molecule has 1 heterocycles. The molecule has 23 heavy (non-hydrogen) atoms. The second-order valence-electron chi connectivity index (χ2n) is 5.06. The standard InChI is InChI=1S/C15H18O8/c16-7-10-12(19)13(20)14(21)15(22-10)23-11(18)6-3-8-1-4-9(17)5-2-8/h1-6,10,12-17,19-21H,7H2/b6-3-/t10-,12-,13+,14-,15+/m1/s1. The predicted octanol–water partition coefficient (Wildman–Crippen LogP) is -1.25. The number of aromatic hydroxyl groups is 1. The fourth-order valence-corrected chi connectivity index (χ4v) is 2.07. The minimum absolute atomic E-state index is 0.0889. The molecule has 1 aromatic carbocycles. The molecule has 0 aliphatic carbocycles. The first-order valence-corrected chi connectivity index (χ1v) is 6.90. The Morgan fingerprint density at radius 1 is 1.13 bits per heavy atom. The smallest absolute Gasteiger partial charge is 0.333 e. The number of carbonyl (C=O) groups is 1. The molecule has 0 unspecified atom stereocenters. The van der Waals surface area contributed by atoms with Crippen LogP contribution in [0, 0.1) is 0 Å². The maximum absolute atomic E-state index is 11.7. The Kier molecular flexibility index (Phi) is 5.69. The molecule has 0 amide bonds. The van der Waals surface area contributed by atoms with Gasteiger partial charge in [-0.25, -0.2) is 4.79 Å². The number of rotatable bonds is 4. The maximum Gasteiger partial charge on any atom is 0.333 e. The lowest BCUT2D eigenvalue weighted by atomic mass is 9.99. The SMILES string of the molecule is O=C(/C=C\c1ccc(O)cc1)O[C@@H]1O[C@H](CO)[C@@H](O)[C@H](O)[C@H]1O. The highest BCUT2D eigenvalue weighted by Crippen LogP contribution is 2.22. The third kappa shape index (κ3) is 4.27. The van der Waals surface area contributed by atoms with E-state index in [9.17, 15) is 20.1 Å². The quantitative estimate of drug-likeness (QED) is 0.342. The van der Waals surface area contributed by atoms with Gasteiger partial charge in [-0.1, -0.05) is 12.1 Å². The maximum atomic E-state index is 11.7. The molecular formula is C15H18O8. The first-order chi connectivity index (χ1) is 10.9. The molecule has 2 rings (SSSR count). The number of phenols is 1. The lowest BCUT2D eigenvalue weighted by Gasteiger charge is -2.38. The second-order valence-corrected chi connectivity index (χ2v) is 5.06. The topological polar surface area (TPSA) is 137 Å². The minimum atomic E-state index is -1.64. The zero-order valence-corrected chi connectivity index (χ0v) is 12.0. The first-order valence-electron chi connectivity index (χ1n) is 6.90. The molecule has 1 aliphatic heterocycles. The molecule has 0 radical (unpaired) electrons. The Balaban J connectivity index is 1.97. The van der Waals surface area contributed by atoms with Crippen LogP contribution in [0.5, 0.6) is 5.75 Å². The highest BCUT2D eigenvalue weighted by Gasteiger charge is 2.45. The summed E-state index contributed by atoms with van der Waals surface area (Å²) >= 11 is 0. The third-order valence-corrected chi connectivity index (χ3v) is 3.39. The van der Waals surface area contributed by atoms with E-state index in [4.69, 9.17) is 19.7 Å². The van der Waals surface area contributed by atoms with E-state index >= 15 is 0 Å². The van der Waals surface area contributed by atoms with Crippen molar-refractivity contribution >= 4 is 12.0 Å². The summed E-state index contributed by atoms with van der Waals surface area (Å²) in [4.78, 5) is 11.7. The monoisotopic (exact) mass is 326 g/mol. The van der Waals surface area contributed by atoms with Crippen molar-refractivity contribution in [2.24, 2.45) is 0 Å². The van der Waals surface area contributed by atoms with Gasteiger partial charge in [-0.05, 0) is 23.8 Å². The number of carbonyl (C=O) groups excluding carboxylic acids is 1. The fraction of sp³-hybridized carbons (Fsp3) is 0.400. The van der Waals surface area contributed by atoms with Crippen LogP contribution in [0.4, 0.5) is 0 Å². The largest absolute Gasteiger partial charge is 0.508 e. The van der Waals surface area contributed by atoms with Crippen molar-refractivity contribution in [3.05, 3.63) is 35.9 Å². The van der Waals surface area contributed by atoms with Gasteiger partial charge in [0, 0.05) is 6.08 Å². The lowest BCUT2D eigenvalue weighted by Crippen LogP contribution is -2.59. The van der Waals surface area contributed by atoms with E-state index in [-0.39, 0.29) is 5.75 Å². The van der Waals surface area contributed by atoms with Crippen LogP contribution in [-0.2, 0) is 14.3 Å². The van der Waals surface area contributed by atoms with E-state index in [2.05, 4.69) is 0 Å². The predicted molar refractivity (Wildman–Crippen MR) is 77.0 cm³/mol. The molecular weight excluding hydrogens is 308 g/mol. The summed E-state index contributed by atoms with van der Waals surface area (Å²) in [5.74, 6) is -0.756. The molecule has 1 aliphatic rings. The number of ether oxygens (including phenoxy) is 2. The van der Waals surface area contributed by atoms with Gasteiger partial charge in [0.2, 0.25) is 6.29 Å². The van der Waals surface area contributed by atoms with Gasteiger partial charge < -0.3 is 35.0 Å². The van der Waals surface area contributed by atoms with Crippen LogP contribution in [0.3, 0.4) is 0 Å². The zero-order valence-electron chi connectivity index (χ0n) is 12.0. The number of benzene rings is 1. The number of phenolic OH excluding ortho intramolecular Hbond substituents is 1. The summed E-state index contributed by atoms with van der Waals surface area (Å²) in [6.45, 7) is -0.609. The Hall–Kier alpha value is -1.97. The molecule has 0 saturated carbocycles. The van der Waals surface area contributed by atoms with Gasteiger partial charge in [0.15, 0.2) is 0 Å². The van der Waals surface area contributed by atoms with Crippen LogP contribution in [0.15, 0.2) is 30.3 Å². The van der Waals surface area contributed by atoms with Gasteiger partial charge in [0.1, 0.15) is 30.2 Å². The average Bonchev–Trinajstić information content (AvgIpc) is 2.55. The molecule has 126 valence electrons. The molecule has 8 heteroatoms. The number of aliphatic hydroxyl groups excluding tert-OH is 4. The summed E-state index contributed by atoms with van der Waals surface area (Å²) in [5.41, 5.74) is 0.633. The van der Waals surface area contributed by atoms with Crippen molar-refractivity contribution in [1.29, 1.82) is 0 Å². The molecule has 0 spiro atoms. The van der Waals surface area contributed by atoms with Crippen LogP contribution in [0.1, 0.15) is 5.56 Å². The fourth-order valence-electron chi connectivity index (χ4n) is 2.07. The molecule has 5 atom stereocenters. The Labute approximate surface area is 131 Å². The minimum Gasteiger partial charge on any atom is -0.508 e. The van der Waals surface area contributed by atoms with Gasteiger partial charge in [0.25, 0.3) is 0 Å². The first kappa shape index (κ1) is 17.4. The summed E-state index contributed by atoms with van der Waals surface area (Å²) in [7, 11) is 0. The van der Waals surface area contributed by atoms with Crippen LogP contribution < -0.4 is 0 Å². The van der Waals surface area contributed by atoms with Crippen molar-refractivity contribution in [3.63, 3.8) is 0 Å². The summed E-state index contributed by atoms with van der Waals surface area (Å²) in [6.07, 6.45) is -4.93. The van der Waals surface area contributed by atoms with Gasteiger partial charge in [-0.15, -0.1) is 0 Å². The van der Waals surface area contributed by atoms with Gasteiger partial charge >= 0.3 is 5.97 Å². The second kappa shape index (κ2) is 7.53. The van der Waals surface area contributed by atoms with E-state index < -0.39 is 43.3 Å². The number of hydrogen-bond donors (Lipinski definition) is 5. The number of aliphatic hydroxyl groups is 4. The summed E-state index contributed by atoms with van der Waals surface area (Å²) < 4.78 is 9.92. The van der Waals surface area contributed by atoms with Crippen LogP contribution in [0.25, 0.3) is 6.08 Å². The van der Waals surface area contributed by atoms with E-state index in [0.717, 1.165) is 6.08 Å². The molecule has 1 fully saturated rings. The van der Waals surface area contributed by atoms with Gasteiger partial charge in [-0.3, -0.25) is 0 Å². The summed E-state index contributed by atoms with van der Waals surface area (Å²) in [5, 5.41) is 47.1. The lowest BCUT2D eigenvalue weighted by molar-refractivity contribution is -0.291. The average molecular weight is 326 g/mol. The van der Waals surface area contributed by atoms with Crippen LogP contribution in [0.2, 0.25) is 0 Å². The zero-order chi connectivity index (χ0) is 17.0. The number of esters is 1. The van der Waals surface area contributed by atoms with Crippen LogP contribution >= 0.6 is 0 Å². The van der Waals surface area contributed by atoms with Crippen molar-refractivity contribution in [1.82, 2.24) is 0 Å². The highest BCUT2D eigenvalue weighted by atomic mass is 16.7. The molecule has 0 bridgehead atoms. The summed E-state index contributed by atoms with van der Waals surface area (Å²) in [6, 6.07) is 6.05. The van der Waals surface area contributed by atoms with Crippen LogP contribution in [-0.4, -0.2) is 68.8 Å². The van der Waals surface area contributed by atoms with E-state index in [1.165, 1.54) is 18.2 Å². The Morgan fingerprint density at radius 3 is 2.39 bits per heavy atom. The van der Waals surface area contributed by atoms with Crippen molar-refractivity contribution in [2.45, 2.75) is 30.7 Å². The van der Waals surface area contributed by atoms with Gasteiger partial charge in [-0.2, -0.15) is 0 Å². The van der Waals surface area contributed by atoms with E-state index in [0.29, 0.717) is 5.56 Å². The highest BCUT2D eigenvalue weighted by molar-refractivity contribution is 5.87. The molecule has 0 aromatic heterocycles. The molecule has 8 nitrogen and oxygen atoms in total. The Bertz CT molecular complexity index is 553. The number of hydrogen-bond acceptors (Lipinski definition) is 8. The van der Waals surface area contributed by atoms with Crippen molar-refractivity contribution < 1.29 is 39.8 Å². The molecule has 1 saturated heterocycles. The van der Waals surface area contributed by atoms with Crippen molar-refractivity contribution in [3.8, 4) is 5.75 Å². The van der Waals surface area contributed by atoms with E-state index in [1.54, 1.807) is 12.1 Å². The Morgan fingerprint density at radius 2 is 1.78 bits per heavy atom. The van der Waals surface area contributed by atoms with Crippen molar-refractivity contribution in [2.75, 3.05) is 6.61 Å². The molecule has 5 N–H and O–H groups in total. The molecule has 1 aromatic rings. The van der Waals surface area contributed by atoms with E-state index in [1.807, 2.05) is 0 Å².